The molecular formula is C56H57N3O11. The zero-order valence-electron chi connectivity index (χ0n) is 38.9. The average molecular weight is 948 g/mol. The van der Waals surface area contributed by atoms with Gasteiger partial charge in [0.1, 0.15) is 42.1 Å². The summed E-state index contributed by atoms with van der Waals surface area (Å²) in [5.41, 5.74) is -0.535. The van der Waals surface area contributed by atoms with E-state index in [1.807, 2.05) is 65.6 Å². The molecule has 0 aromatic heterocycles. The molecule has 5 aromatic carbocycles. The average Bonchev–Trinajstić information content (AvgIpc) is 3.72. The van der Waals surface area contributed by atoms with Crippen LogP contribution in [0.3, 0.4) is 0 Å². The Labute approximate surface area is 407 Å². The van der Waals surface area contributed by atoms with Gasteiger partial charge in [0.05, 0.1) is 43.0 Å². The number of esters is 1. The van der Waals surface area contributed by atoms with Crippen LogP contribution in [0.15, 0.2) is 133 Å². The fraction of sp³-hybridized carbons (Fsp3) is 0.357. The van der Waals surface area contributed by atoms with E-state index in [2.05, 4.69) is 17.2 Å². The van der Waals surface area contributed by atoms with Gasteiger partial charge in [-0.3, -0.25) is 19.3 Å². The molecule has 3 fully saturated rings. The lowest BCUT2D eigenvalue weighted by atomic mass is 9.65. The van der Waals surface area contributed by atoms with Crippen molar-refractivity contribution >= 4 is 29.6 Å². The fourth-order valence-corrected chi connectivity index (χ4v) is 10.9. The first kappa shape index (κ1) is 48.2. The molecule has 0 radical (unpaired) electrons. The van der Waals surface area contributed by atoms with E-state index in [4.69, 9.17) is 18.9 Å². The molecule has 362 valence electrons. The Morgan fingerprint density at radius 1 is 0.814 bits per heavy atom. The van der Waals surface area contributed by atoms with Crippen LogP contribution < -0.4 is 15.0 Å². The first-order valence-electron chi connectivity index (χ1n) is 23.9. The smallest absolute Gasteiger partial charge is 0.421 e. The second-order valence-electron chi connectivity index (χ2n) is 18.2. The van der Waals surface area contributed by atoms with Crippen molar-refractivity contribution in [3.8, 4) is 17.6 Å². The number of para-hydroxylation sites is 1. The molecule has 7 unspecified atom stereocenters. The summed E-state index contributed by atoms with van der Waals surface area (Å²) in [4.78, 5) is 65.2. The van der Waals surface area contributed by atoms with Crippen molar-refractivity contribution in [2.75, 3.05) is 45.0 Å². The highest BCUT2D eigenvalue weighted by molar-refractivity contribution is 6.23. The van der Waals surface area contributed by atoms with Crippen LogP contribution >= 0.6 is 0 Å². The van der Waals surface area contributed by atoms with Crippen molar-refractivity contribution in [1.29, 1.82) is 0 Å². The van der Waals surface area contributed by atoms with Crippen LogP contribution in [-0.2, 0) is 34.0 Å². The fourth-order valence-electron chi connectivity index (χ4n) is 10.9. The number of rotatable bonds is 13. The molecule has 7 atom stereocenters. The standard InChI is InChI=1S/C56H57N3O11/c1-67-33-34-69-54(65)58-43-26-25-37(27-30-55(66)28-15-2-3-16-29-55)35-42(43)56(53(58)64)46(51(62)57-36-44(61)38-17-7-4-8-18-38)48-52(63)70-49(40-21-11-6-12-22-40)47(39-19-9-5-10-20-39)59(48)50(56)41-23-13-14-24-45(41)68-32-31-60/h4-14,17-26,35,44,46-50,60-61,66H,2-3,15-16,28-29,31-34,36H2,1H3,(H,57,62). The number of aliphatic hydroxyl groups is 3. The predicted octanol–water partition coefficient (Wildman–Crippen LogP) is 6.79. The molecule has 1 spiro atoms. The Morgan fingerprint density at radius 2 is 1.47 bits per heavy atom. The van der Waals surface area contributed by atoms with Crippen LogP contribution in [0.1, 0.15) is 96.2 Å². The van der Waals surface area contributed by atoms with Crippen LogP contribution in [0.5, 0.6) is 5.75 Å². The topological polar surface area (TPSA) is 184 Å². The Bertz CT molecular complexity index is 2740. The number of nitrogens with one attached hydrogen (secondary N) is 1. The SMILES string of the molecule is COCCOC(=O)N1C(=O)C2(c3cc(C#CC4(O)CCCCCC4)ccc31)C(C(=O)NCC(O)c1ccccc1)C1C(=O)OC(c3ccccc3)C(c3ccccc3)N1C2c1ccccc1OCCO. The first-order valence-corrected chi connectivity index (χ1v) is 23.9. The molecule has 1 aliphatic carbocycles. The van der Waals surface area contributed by atoms with Crippen molar-refractivity contribution in [2.24, 2.45) is 5.92 Å². The second-order valence-corrected chi connectivity index (χ2v) is 18.2. The second kappa shape index (κ2) is 21.0. The summed E-state index contributed by atoms with van der Waals surface area (Å²) in [5.74, 6) is 2.47. The summed E-state index contributed by atoms with van der Waals surface area (Å²) in [6.45, 7) is -0.971. The number of fused-ring (bicyclic) bond motifs is 3. The molecule has 14 heteroatoms. The highest BCUT2D eigenvalue weighted by Crippen LogP contribution is 2.66. The third-order valence-corrected chi connectivity index (χ3v) is 14.0. The largest absolute Gasteiger partial charge is 0.491 e. The van der Waals surface area contributed by atoms with Crippen molar-refractivity contribution in [3.05, 3.63) is 167 Å². The van der Waals surface area contributed by atoms with Gasteiger partial charge in [-0.25, -0.2) is 9.69 Å². The van der Waals surface area contributed by atoms with E-state index in [0.717, 1.165) is 30.6 Å². The van der Waals surface area contributed by atoms with Gasteiger partial charge in [-0.2, -0.15) is 0 Å². The van der Waals surface area contributed by atoms with Crippen molar-refractivity contribution in [2.45, 2.75) is 79.9 Å². The number of benzene rings is 5. The van der Waals surface area contributed by atoms with Gasteiger partial charge in [0.15, 0.2) is 0 Å². The summed E-state index contributed by atoms with van der Waals surface area (Å²) in [6, 6.07) is 35.5. The number of carbonyl (C=O) groups excluding carboxylic acids is 4. The number of cyclic esters (lactones) is 1. The van der Waals surface area contributed by atoms with E-state index in [0.29, 0.717) is 40.7 Å². The molecule has 70 heavy (non-hydrogen) atoms. The van der Waals surface area contributed by atoms with Crippen LogP contribution in [0, 0.1) is 17.8 Å². The van der Waals surface area contributed by atoms with E-state index in [1.165, 1.54) is 7.11 Å². The number of imide groups is 1. The number of aliphatic hydroxyl groups excluding tert-OH is 2. The Morgan fingerprint density at radius 3 is 2.16 bits per heavy atom. The van der Waals surface area contributed by atoms with Crippen molar-refractivity contribution in [3.63, 3.8) is 0 Å². The lowest BCUT2D eigenvalue weighted by molar-refractivity contribution is -0.178. The van der Waals surface area contributed by atoms with E-state index in [-0.39, 0.29) is 50.0 Å². The van der Waals surface area contributed by atoms with Gasteiger partial charge in [0.2, 0.25) is 11.8 Å². The zero-order valence-corrected chi connectivity index (χ0v) is 38.9. The maximum Gasteiger partial charge on any atom is 0.421 e. The van der Waals surface area contributed by atoms with Gasteiger partial charge in [0.25, 0.3) is 0 Å². The first-order chi connectivity index (χ1) is 34.1. The molecule has 4 N–H and O–H groups in total. The molecule has 14 nitrogen and oxygen atoms in total. The lowest BCUT2D eigenvalue weighted by Crippen LogP contribution is -2.56. The third-order valence-electron chi connectivity index (χ3n) is 14.0. The van der Waals surface area contributed by atoms with Gasteiger partial charge in [-0.1, -0.05) is 134 Å². The van der Waals surface area contributed by atoms with Gasteiger partial charge in [-0.05, 0) is 72.2 Å². The number of ether oxygens (including phenoxy) is 4. The van der Waals surface area contributed by atoms with Crippen LogP contribution in [0.25, 0.3) is 0 Å². The van der Waals surface area contributed by atoms with Crippen molar-refractivity contribution in [1.82, 2.24) is 10.2 Å². The van der Waals surface area contributed by atoms with E-state index in [9.17, 15) is 20.1 Å². The predicted molar refractivity (Wildman–Crippen MR) is 258 cm³/mol. The van der Waals surface area contributed by atoms with Gasteiger partial charge >= 0.3 is 12.1 Å². The Balaban J connectivity index is 1.34. The number of morpholine rings is 1. The lowest BCUT2D eigenvalue weighted by Gasteiger charge is -2.46. The van der Waals surface area contributed by atoms with E-state index < -0.39 is 71.1 Å². The van der Waals surface area contributed by atoms with E-state index in [1.54, 1.807) is 72.8 Å². The molecule has 5 aromatic rings. The van der Waals surface area contributed by atoms with Crippen molar-refractivity contribution < 1.29 is 53.4 Å². The zero-order chi connectivity index (χ0) is 48.8. The number of carbonyl (C=O) groups is 4. The molecule has 2 saturated heterocycles. The van der Waals surface area contributed by atoms with Crippen LogP contribution in [0.4, 0.5) is 10.5 Å². The van der Waals surface area contributed by atoms with E-state index >= 15 is 14.4 Å². The summed E-state index contributed by atoms with van der Waals surface area (Å²) in [6.07, 6.45) is 1.35. The van der Waals surface area contributed by atoms with Crippen LogP contribution in [-0.4, -0.2) is 95.8 Å². The Hall–Kier alpha value is -6.86. The number of methoxy groups -OCH3 is 1. The molecule has 4 aliphatic rings. The minimum absolute atomic E-state index is 0.0253. The number of anilines is 1. The molecule has 0 bridgehead atoms. The normalized spacial score (nSPS) is 24.1. The maximum absolute atomic E-state index is 16.5. The maximum atomic E-state index is 16.5. The molecule has 1 saturated carbocycles. The number of hydrogen-bond acceptors (Lipinski definition) is 12. The molecule has 3 aliphatic heterocycles. The monoisotopic (exact) mass is 947 g/mol. The number of nitrogens with zero attached hydrogens (tertiary/aromatic N) is 2. The highest BCUT2D eigenvalue weighted by Gasteiger charge is 2.76. The van der Waals surface area contributed by atoms with Crippen LogP contribution in [0.2, 0.25) is 0 Å². The summed E-state index contributed by atoms with van der Waals surface area (Å²) < 4.78 is 23.8. The van der Waals surface area contributed by atoms with Gasteiger partial charge in [-0.15, -0.1) is 0 Å². The van der Waals surface area contributed by atoms with Gasteiger partial charge < -0.3 is 39.6 Å². The quantitative estimate of drug-likeness (QED) is 0.0420. The number of hydrogen-bond donors (Lipinski definition) is 4. The summed E-state index contributed by atoms with van der Waals surface area (Å²) in [5, 5.41) is 36.2. The Kier molecular flexibility index (Phi) is 14.5. The summed E-state index contributed by atoms with van der Waals surface area (Å²) >= 11 is 0. The minimum atomic E-state index is -2.19. The number of amides is 3. The molecular weight excluding hydrogens is 891 g/mol. The molecule has 9 rings (SSSR count). The van der Waals surface area contributed by atoms with Gasteiger partial charge in [0, 0.05) is 24.8 Å². The third kappa shape index (κ3) is 9.07. The minimum Gasteiger partial charge on any atom is -0.491 e. The summed E-state index contributed by atoms with van der Waals surface area (Å²) in [7, 11) is 1.45. The molecule has 3 amide bonds. The molecule has 3 heterocycles. The highest BCUT2D eigenvalue weighted by atomic mass is 16.6.